The Bertz CT molecular complexity index is 83.1. The van der Waals surface area contributed by atoms with Crippen molar-refractivity contribution in [3.05, 3.63) is 0 Å². The summed E-state index contributed by atoms with van der Waals surface area (Å²) in [4.78, 5) is 0. The summed E-state index contributed by atoms with van der Waals surface area (Å²) in [5.41, 5.74) is 0. The molecule has 0 aliphatic carbocycles. The van der Waals surface area contributed by atoms with Gasteiger partial charge in [0.15, 0.2) is 0 Å². The van der Waals surface area contributed by atoms with Gasteiger partial charge in [-0.3, -0.25) is 0 Å². The van der Waals surface area contributed by atoms with E-state index in [0.717, 1.165) is 0 Å². The van der Waals surface area contributed by atoms with Crippen LogP contribution in [0.1, 0.15) is 0 Å². The molecule has 0 heterocycles. The Labute approximate surface area is 36.9 Å². The zero-order valence-corrected chi connectivity index (χ0v) is 5.91. The quantitative estimate of drug-likeness (QED) is 0.647. The van der Waals surface area contributed by atoms with Gasteiger partial charge < -0.3 is 0 Å². The summed E-state index contributed by atoms with van der Waals surface area (Å²) in [5.74, 6) is -2.49. The first kappa shape index (κ1) is 5.39. The normalized spacial score (nSPS) is 6.40. The minimum absolute atomic E-state index is 2.14. The molecule has 0 rings (SSSR count). The molecule has 29 valence electrons. The Morgan fingerprint density at radius 3 is 1.60 bits per heavy atom. The molecule has 0 saturated heterocycles. The van der Waals surface area contributed by atoms with Crippen molar-refractivity contribution in [2.24, 2.45) is 0 Å². The van der Waals surface area contributed by atoms with E-state index >= 15 is 0 Å². The minimum atomic E-state index is -2.49. The van der Waals surface area contributed by atoms with Crippen LogP contribution in [-0.2, 0) is 30.5 Å². The molecular formula is O3PW. The average Bonchev–Trinajstić information content (AvgIpc) is 1.38. The van der Waals surface area contributed by atoms with Crippen LogP contribution in [0.15, 0.2) is 0 Å². The van der Waals surface area contributed by atoms with Gasteiger partial charge in [0.05, 0.1) is 0 Å². The molecule has 3 nitrogen and oxygen atoms in total. The molecule has 0 saturated carbocycles. The van der Waals surface area contributed by atoms with Crippen molar-refractivity contribution in [3.63, 3.8) is 0 Å². The van der Waals surface area contributed by atoms with Crippen LogP contribution in [0, 0.1) is 0 Å². The molecule has 0 aliphatic heterocycles. The topological polar surface area (TPSA) is 51.2 Å². The Hall–Kier alpha value is 0.388. The first-order valence-corrected chi connectivity index (χ1v) is 6.94. The van der Waals surface area contributed by atoms with Gasteiger partial charge >= 0.3 is 36.3 Å². The molecule has 5 heteroatoms. The van der Waals surface area contributed by atoms with Crippen LogP contribution in [0.5, 0.6) is 0 Å². The number of hydrogen-bond acceptors (Lipinski definition) is 3. The Morgan fingerprint density at radius 2 is 1.60 bits per heavy atom. The van der Waals surface area contributed by atoms with Crippen molar-refractivity contribution in [3.8, 4) is 0 Å². The first-order valence-electron chi connectivity index (χ1n) is 0.714. The van der Waals surface area contributed by atoms with Crippen molar-refractivity contribution >= 4 is 5.77 Å². The molecule has 0 aliphatic rings. The van der Waals surface area contributed by atoms with E-state index in [2.05, 4.69) is 0 Å². The molecule has 0 aromatic rings. The SMILES string of the molecule is [O]=[W][P](=O)=O. The van der Waals surface area contributed by atoms with Crippen molar-refractivity contribution in [1.29, 1.82) is 0 Å². The fraction of sp³-hybridized carbons (Fsp3) is 0. The van der Waals surface area contributed by atoms with E-state index in [-0.39, 0.29) is 0 Å². The predicted molar refractivity (Wildman–Crippen MR) is 8.98 cm³/mol. The van der Waals surface area contributed by atoms with E-state index in [4.69, 9.17) is 9.13 Å². The molecular weight excluding hydrogens is 263 g/mol. The van der Waals surface area contributed by atoms with Crippen LogP contribution in [0.2, 0.25) is 0 Å². The third kappa shape index (κ3) is 4.39. The van der Waals surface area contributed by atoms with Crippen LogP contribution in [-0.4, -0.2) is 0 Å². The third-order valence-electron chi connectivity index (χ3n) is 0.0609. The summed E-state index contributed by atoms with van der Waals surface area (Å²) in [5, 5.41) is 0. The summed E-state index contributed by atoms with van der Waals surface area (Å²) >= 11 is -2.14. The van der Waals surface area contributed by atoms with Gasteiger partial charge in [0.2, 0.25) is 0 Å². The van der Waals surface area contributed by atoms with E-state index < -0.39 is 23.8 Å². The van der Waals surface area contributed by atoms with Crippen LogP contribution in [0.4, 0.5) is 0 Å². The third-order valence-corrected chi connectivity index (χ3v) is 1.49. The maximum absolute atomic E-state index is 9.20. The Kier molecular flexibility index (Phi) is 2.82. The summed E-state index contributed by atoms with van der Waals surface area (Å²) in [7, 11) is 0. The summed E-state index contributed by atoms with van der Waals surface area (Å²) in [6.45, 7) is 0. The van der Waals surface area contributed by atoms with Crippen LogP contribution in [0.25, 0.3) is 0 Å². The van der Waals surface area contributed by atoms with E-state index in [1.165, 1.54) is 0 Å². The second-order valence-corrected chi connectivity index (χ2v) is 5.71. The summed E-state index contributed by atoms with van der Waals surface area (Å²) in [6.07, 6.45) is 0. The summed E-state index contributed by atoms with van der Waals surface area (Å²) in [6, 6.07) is 0. The fourth-order valence-corrected chi connectivity index (χ4v) is 0. The number of rotatable bonds is 1. The van der Waals surface area contributed by atoms with Gasteiger partial charge in [-0.25, -0.2) is 0 Å². The van der Waals surface area contributed by atoms with Crippen LogP contribution < -0.4 is 0 Å². The molecule has 0 fully saturated rings. The molecule has 0 aromatic carbocycles. The van der Waals surface area contributed by atoms with E-state index in [1.54, 1.807) is 0 Å². The maximum atomic E-state index is 9.20. The van der Waals surface area contributed by atoms with Gasteiger partial charge in [0, 0.05) is 0 Å². The molecule has 0 aromatic heterocycles. The molecule has 0 spiro atoms. The second kappa shape index (κ2) is 2.62. The molecule has 0 amide bonds. The van der Waals surface area contributed by atoms with E-state index in [1.807, 2.05) is 0 Å². The van der Waals surface area contributed by atoms with Gasteiger partial charge in [-0.05, 0) is 0 Å². The van der Waals surface area contributed by atoms with E-state index in [9.17, 15) is 3.40 Å². The average molecular weight is 263 g/mol. The van der Waals surface area contributed by atoms with E-state index in [0.29, 0.717) is 0 Å². The van der Waals surface area contributed by atoms with Crippen LogP contribution in [0.3, 0.4) is 0 Å². The van der Waals surface area contributed by atoms with Gasteiger partial charge in [0.25, 0.3) is 0 Å². The second-order valence-electron chi connectivity index (χ2n) is 0.298. The van der Waals surface area contributed by atoms with Crippen molar-refractivity contribution < 1.29 is 30.5 Å². The molecule has 0 N–H and O–H groups in total. The molecule has 0 bridgehead atoms. The van der Waals surface area contributed by atoms with Gasteiger partial charge in [-0.1, -0.05) is 0 Å². The van der Waals surface area contributed by atoms with Crippen LogP contribution >= 0.6 is 5.77 Å². The summed E-state index contributed by atoms with van der Waals surface area (Å²) < 4.78 is 27.5. The zero-order chi connectivity index (χ0) is 4.28. The first-order chi connectivity index (χ1) is 2.27. The zero-order valence-electron chi connectivity index (χ0n) is 2.08. The monoisotopic (exact) mass is 263 g/mol. The van der Waals surface area contributed by atoms with Crippen molar-refractivity contribution in [2.45, 2.75) is 0 Å². The van der Waals surface area contributed by atoms with Gasteiger partial charge in [-0.15, -0.1) is 0 Å². The van der Waals surface area contributed by atoms with Gasteiger partial charge in [0.1, 0.15) is 0 Å². The Balaban J connectivity index is 3.69. The van der Waals surface area contributed by atoms with Crippen molar-refractivity contribution in [1.82, 2.24) is 0 Å². The fourth-order valence-electron chi connectivity index (χ4n) is 0. The molecule has 0 unspecified atom stereocenters. The molecule has 0 radical (unpaired) electrons. The predicted octanol–water partition coefficient (Wildman–Crippen LogP) is 0.502. The molecule has 0 atom stereocenters. The molecule has 5 heavy (non-hydrogen) atoms. The van der Waals surface area contributed by atoms with Gasteiger partial charge in [-0.2, -0.15) is 0 Å². The standard InChI is InChI=1S/O2P.O.W/c1-3-2;;. The van der Waals surface area contributed by atoms with Crippen molar-refractivity contribution in [2.75, 3.05) is 0 Å². The Morgan fingerprint density at radius 1 is 1.40 bits per heavy atom. The number of hydrogen-bond donors (Lipinski definition) is 0.